The zero-order valence-electron chi connectivity index (χ0n) is 10.6. The maximum Gasteiger partial charge on any atom is 0.0541 e. The van der Waals surface area contributed by atoms with Crippen LogP contribution in [0.4, 0.5) is 0 Å². The van der Waals surface area contributed by atoms with Gasteiger partial charge in [-0.2, -0.15) is 0 Å². The first-order valence-corrected chi connectivity index (χ1v) is 6.86. The number of rotatable bonds is 1. The number of aryl methyl sites for hydroxylation is 1. The van der Waals surface area contributed by atoms with Gasteiger partial charge < -0.3 is 5.32 Å². The third-order valence-corrected chi connectivity index (χ3v) is 4.25. The lowest BCUT2D eigenvalue weighted by molar-refractivity contribution is 0.488. The molecule has 1 heteroatoms. The molecule has 1 aromatic rings. The lowest BCUT2D eigenvalue weighted by Gasteiger charge is -2.34. The molecule has 1 aromatic carbocycles. The van der Waals surface area contributed by atoms with Crippen molar-refractivity contribution in [2.24, 2.45) is 0 Å². The number of hydrogen-bond acceptors (Lipinski definition) is 1. The number of nitrogens with one attached hydrogen (secondary N) is 1. The molecule has 2 aliphatic rings. The van der Waals surface area contributed by atoms with Crippen molar-refractivity contribution in [1.82, 2.24) is 5.32 Å². The first-order valence-electron chi connectivity index (χ1n) is 6.86. The van der Waals surface area contributed by atoms with Gasteiger partial charge in [0.25, 0.3) is 0 Å². The van der Waals surface area contributed by atoms with Gasteiger partial charge in [-0.1, -0.05) is 29.8 Å². The highest BCUT2D eigenvalue weighted by Gasteiger charge is 2.26. The Labute approximate surface area is 104 Å². The fourth-order valence-corrected chi connectivity index (χ4v) is 3.32. The standard InChI is InChI=1S/C16H21N/c1-12-6-2-4-8-14(12)16-15-9-5-3-7-13(15)10-11-17-16/h2,4,6,8,16-17H,3,5,7,9-11H2,1H3. The third kappa shape index (κ3) is 2.04. The van der Waals surface area contributed by atoms with Gasteiger partial charge in [0.1, 0.15) is 0 Å². The SMILES string of the molecule is Cc1ccccc1C1NCCC2=C1CCCC2. The van der Waals surface area contributed by atoms with Crippen LogP contribution in [0.15, 0.2) is 35.4 Å². The Morgan fingerprint density at radius 2 is 1.88 bits per heavy atom. The van der Waals surface area contributed by atoms with Crippen LogP contribution in [0.2, 0.25) is 0 Å². The minimum Gasteiger partial charge on any atom is -0.306 e. The predicted octanol–water partition coefficient (Wildman–Crippen LogP) is 3.90. The number of hydrogen-bond donors (Lipinski definition) is 1. The van der Waals surface area contributed by atoms with Crippen LogP contribution in [-0.2, 0) is 0 Å². The van der Waals surface area contributed by atoms with E-state index in [4.69, 9.17) is 0 Å². The molecular weight excluding hydrogens is 206 g/mol. The van der Waals surface area contributed by atoms with Crippen LogP contribution in [0.1, 0.15) is 49.3 Å². The lowest BCUT2D eigenvalue weighted by atomic mass is 9.80. The van der Waals surface area contributed by atoms with E-state index in [2.05, 4.69) is 36.5 Å². The second-order valence-corrected chi connectivity index (χ2v) is 5.33. The normalized spacial score (nSPS) is 24.6. The predicted molar refractivity (Wildman–Crippen MR) is 72.0 cm³/mol. The summed E-state index contributed by atoms with van der Waals surface area (Å²) in [7, 11) is 0. The van der Waals surface area contributed by atoms with E-state index in [0.29, 0.717) is 6.04 Å². The second kappa shape index (κ2) is 4.66. The Balaban J connectivity index is 2.00. The second-order valence-electron chi connectivity index (χ2n) is 5.33. The van der Waals surface area contributed by atoms with Gasteiger partial charge in [0, 0.05) is 0 Å². The molecule has 0 aromatic heterocycles. The van der Waals surface area contributed by atoms with Crippen molar-refractivity contribution in [3.8, 4) is 0 Å². The van der Waals surface area contributed by atoms with Crippen molar-refractivity contribution >= 4 is 0 Å². The highest BCUT2D eigenvalue weighted by atomic mass is 14.9. The summed E-state index contributed by atoms with van der Waals surface area (Å²) in [5, 5.41) is 3.72. The van der Waals surface area contributed by atoms with E-state index in [0.717, 1.165) is 6.54 Å². The van der Waals surface area contributed by atoms with Crippen molar-refractivity contribution in [2.75, 3.05) is 6.54 Å². The summed E-state index contributed by atoms with van der Waals surface area (Å²) in [5.41, 5.74) is 6.37. The van der Waals surface area contributed by atoms with Crippen LogP contribution in [0, 0.1) is 6.92 Å². The van der Waals surface area contributed by atoms with Gasteiger partial charge >= 0.3 is 0 Å². The fraction of sp³-hybridized carbons (Fsp3) is 0.500. The summed E-state index contributed by atoms with van der Waals surface area (Å²) in [6.45, 7) is 3.38. The largest absolute Gasteiger partial charge is 0.306 e. The molecule has 90 valence electrons. The van der Waals surface area contributed by atoms with E-state index in [1.807, 2.05) is 0 Å². The van der Waals surface area contributed by atoms with E-state index in [1.165, 1.54) is 43.2 Å². The molecule has 1 atom stereocenters. The molecule has 0 saturated carbocycles. The lowest BCUT2D eigenvalue weighted by Crippen LogP contribution is -2.31. The average molecular weight is 227 g/mol. The molecular formula is C16H21N. The van der Waals surface area contributed by atoms with Crippen LogP contribution in [0.3, 0.4) is 0 Å². The Morgan fingerprint density at radius 3 is 2.76 bits per heavy atom. The van der Waals surface area contributed by atoms with Gasteiger partial charge in [0.05, 0.1) is 6.04 Å². The topological polar surface area (TPSA) is 12.0 Å². The molecule has 1 aliphatic heterocycles. The molecule has 1 aliphatic carbocycles. The zero-order valence-corrected chi connectivity index (χ0v) is 10.6. The summed E-state index contributed by atoms with van der Waals surface area (Å²) < 4.78 is 0. The zero-order chi connectivity index (χ0) is 11.7. The minimum absolute atomic E-state index is 0.500. The summed E-state index contributed by atoms with van der Waals surface area (Å²) in [6.07, 6.45) is 6.71. The Morgan fingerprint density at radius 1 is 1.06 bits per heavy atom. The Kier molecular flexibility index (Phi) is 3.02. The average Bonchev–Trinajstić information content (AvgIpc) is 2.39. The Hall–Kier alpha value is -1.08. The molecule has 0 saturated heterocycles. The van der Waals surface area contributed by atoms with Gasteiger partial charge in [-0.15, -0.1) is 0 Å². The first-order chi connectivity index (χ1) is 8.36. The van der Waals surface area contributed by atoms with Crippen molar-refractivity contribution in [3.63, 3.8) is 0 Å². The smallest absolute Gasteiger partial charge is 0.0541 e. The molecule has 0 radical (unpaired) electrons. The van der Waals surface area contributed by atoms with E-state index >= 15 is 0 Å². The molecule has 1 N–H and O–H groups in total. The monoisotopic (exact) mass is 227 g/mol. The van der Waals surface area contributed by atoms with E-state index in [1.54, 1.807) is 11.1 Å². The van der Waals surface area contributed by atoms with E-state index < -0.39 is 0 Å². The van der Waals surface area contributed by atoms with Crippen molar-refractivity contribution in [1.29, 1.82) is 0 Å². The van der Waals surface area contributed by atoms with Gasteiger partial charge in [0.2, 0.25) is 0 Å². The van der Waals surface area contributed by atoms with Gasteiger partial charge in [0.15, 0.2) is 0 Å². The molecule has 17 heavy (non-hydrogen) atoms. The maximum atomic E-state index is 3.72. The maximum absolute atomic E-state index is 3.72. The summed E-state index contributed by atoms with van der Waals surface area (Å²) >= 11 is 0. The van der Waals surface area contributed by atoms with Gasteiger partial charge in [-0.3, -0.25) is 0 Å². The van der Waals surface area contributed by atoms with Crippen LogP contribution < -0.4 is 5.32 Å². The highest BCUT2D eigenvalue weighted by Crippen LogP contribution is 2.38. The quantitative estimate of drug-likeness (QED) is 0.717. The molecule has 0 amide bonds. The third-order valence-electron chi connectivity index (χ3n) is 4.25. The molecule has 1 heterocycles. The minimum atomic E-state index is 0.500. The molecule has 0 fully saturated rings. The van der Waals surface area contributed by atoms with Crippen LogP contribution in [0.25, 0.3) is 0 Å². The molecule has 0 spiro atoms. The van der Waals surface area contributed by atoms with E-state index in [-0.39, 0.29) is 0 Å². The summed E-state index contributed by atoms with van der Waals surface area (Å²) in [4.78, 5) is 0. The van der Waals surface area contributed by atoms with Crippen LogP contribution >= 0.6 is 0 Å². The summed E-state index contributed by atoms with van der Waals surface area (Å²) in [6, 6.07) is 9.33. The van der Waals surface area contributed by atoms with Gasteiger partial charge in [-0.25, -0.2) is 0 Å². The van der Waals surface area contributed by atoms with Crippen molar-refractivity contribution < 1.29 is 0 Å². The van der Waals surface area contributed by atoms with Crippen LogP contribution in [0.5, 0.6) is 0 Å². The van der Waals surface area contributed by atoms with Crippen molar-refractivity contribution in [2.45, 2.75) is 45.1 Å². The van der Waals surface area contributed by atoms with Crippen LogP contribution in [-0.4, -0.2) is 6.54 Å². The number of benzene rings is 1. The van der Waals surface area contributed by atoms with E-state index in [9.17, 15) is 0 Å². The van der Waals surface area contributed by atoms with Crippen molar-refractivity contribution in [3.05, 3.63) is 46.5 Å². The first kappa shape index (κ1) is 11.0. The summed E-state index contributed by atoms with van der Waals surface area (Å²) in [5.74, 6) is 0. The fourth-order valence-electron chi connectivity index (χ4n) is 3.32. The van der Waals surface area contributed by atoms with Gasteiger partial charge in [-0.05, 0) is 62.3 Å². The molecule has 1 unspecified atom stereocenters. The Bertz CT molecular complexity index is 441. The highest BCUT2D eigenvalue weighted by molar-refractivity contribution is 5.38. The molecule has 1 nitrogen and oxygen atoms in total. The molecule has 3 rings (SSSR count). The molecule has 0 bridgehead atoms.